The summed E-state index contributed by atoms with van der Waals surface area (Å²) in [4.78, 5) is 14.8. The Balaban J connectivity index is 2.31. The predicted octanol–water partition coefficient (Wildman–Crippen LogP) is 2.27. The average Bonchev–Trinajstić information content (AvgIpc) is 2.74. The van der Waals surface area contributed by atoms with Crippen LogP contribution in [0.3, 0.4) is 0 Å². The number of hydrogen-bond acceptors (Lipinski definition) is 3. The number of aliphatic imine (C=N–C) groups is 1. The van der Waals surface area contributed by atoms with Gasteiger partial charge in [-0.25, -0.2) is 4.99 Å². The molecule has 0 saturated carbocycles. The Morgan fingerprint density at radius 3 is 2.75 bits per heavy atom. The summed E-state index contributed by atoms with van der Waals surface area (Å²) in [5, 5.41) is 9.53. The molecule has 0 aliphatic carbocycles. The van der Waals surface area contributed by atoms with E-state index in [1.165, 1.54) is 11.8 Å². The zero-order chi connectivity index (χ0) is 11.4. The predicted molar refractivity (Wildman–Crippen MR) is 64.9 cm³/mol. The summed E-state index contributed by atoms with van der Waals surface area (Å²) in [6, 6.07) is 11.6. The maximum absolute atomic E-state index is 11.0. The van der Waals surface area contributed by atoms with Crippen molar-refractivity contribution in [1.82, 2.24) is 0 Å². The maximum atomic E-state index is 11.0. The molecule has 1 heterocycles. The normalized spacial score (nSPS) is 15.8. The first kappa shape index (κ1) is 10.7. The Labute approximate surface area is 97.5 Å². The van der Waals surface area contributed by atoms with Crippen molar-refractivity contribution in [3.8, 4) is 6.07 Å². The lowest BCUT2D eigenvalue weighted by Gasteiger charge is -1.96. The summed E-state index contributed by atoms with van der Waals surface area (Å²) in [5.41, 5.74) is 1.38. The van der Waals surface area contributed by atoms with E-state index in [-0.39, 0.29) is 5.91 Å². The number of benzene rings is 1. The molecular formula is C12H8N2OS. The Morgan fingerprint density at radius 2 is 2.19 bits per heavy atom. The molecular weight excluding hydrogens is 220 g/mol. The minimum absolute atomic E-state index is 0.172. The Morgan fingerprint density at radius 1 is 1.44 bits per heavy atom. The van der Waals surface area contributed by atoms with Crippen molar-refractivity contribution in [3.63, 3.8) is 0 Å². The van der Waals surface area contributed by atoms with Crippen LogP contribution in [0.4, 0.5) is 0 Å². The van der Waals surface area contributed by atoms with Gasteiger partial charge in [0.15, 0.2) is 0 Å². The van der Waals surface area contributed by atoms with Crippen LogP contribution in [-0.4, -0.2) is 16.7 Å². The van der Waals surface area contributed by atoms with Gasteiger partial charge in [-0.3, -0.25) is 4.79 Å². The molecule has 1 aliphatic heterocycles. The fourth-order valence-corrected chi connectivity index (χ4v) is 2.05. The second kappa shape index (κ2) is 4.77. The molecule has 78 valence electrons. The van der Waals surface area contributed by atoms with Crippen molar-refractivity contribution in [2.24, 2.45) is 4.99 Å². The summed E-state index contributed by atoms with van der Waals surface area (Å²) in [5.74, 6) is 0.164. The van der Waals surface area contributed by atoms with Gasteiger partial charge in [0.1, 0.15) is 11.1 Å². The molecule has 0 radical (unpaired) electrons. The largest absolute Gasteiger partial charge is 0.272 e. The van der Waals surface area contributed by atoms with Crippen molar-refractivity contribution in [3.05, 3.63) is 41.5 Å². The first-order valence-corrected chi connectivity index (χ1v) is 5.69. The Bertz CT molecular complexity index is 512. The van der Waals surface area contributed by atoms with Crippen molar-refractivity contribution in [2.75, 3.05) is 5.75 Å². The van der Waals surface area contributed by atoms with E-state index >= 15 is 0 Å². The number of amides is 1. The van der Waals surface area contributed by atoms with Crippen molar-refractivity contribution in [1.29, 1.82) is 5.26 Å². The highest BCUT2D eigenvalue weighted by atomic mass is 32.2. The molecule has 0 unspecified atom stereocenters. The van der Waals surface area contributed by atoms with Gasteiger partial charge >= 0.3 is 0 Å². The van der Waals surface area contributed by atoms with Crippen molar-refractivity contribution >= 4 is 28.8 Å². The lowest BCUT2D eigenvalue weighted by Crippen LogP contribution is -1.92. The Kier molecular flexibility index (Phi) is 3.18. The van der Waals surface area contributed by atoms with Crippen LogP contribution >= 0.6 is 11.8 Å². The highest BCUT2D eigenvalue weighted by molar-refractivity contribution is 8.15. The van der Waals surface area contributed by atoms with Crippen LogP contribution in [-0.2, 0) is 4.79 Å². The average molecular weight is 228 g/mol. The fraction of sp³-hybridized carbons (Fsp3) is 0.0833. The summed E-state index contributed by atoms with van der Waals surface area (Å²) >= 11 is 1.31. The van der Waals surface area contributed by atoms with Crippen molar-refractivity contribution < 1.29 is 4.79 Å². The van der Waals surface area contributed by atoms with E-state index in [1.807, 2.05) is 30.3 Å². The molecule has 1 amide bonds. The third-order valence-corrected chi connectivity index (χ3v) is 3.00. The van der Waals surface area contributed by atoms with Crippen LogP contribution in [0.2, 0.25) is 0 Å². The molecule has 0 fully saturated rings. The summed E-state index contributed by atoms with van der Waals surface area (Å²) in [6.45, 7) is 0. The van der Waals surface area contributed by atoms with Gasteiger partial charge in [0, 0.05) is 0 Å². The second-order valence-corrected chi connectivity index (χ2v) is 4.14. The van der Waals surface area contributed by atoms with Gasteiger partial charge in [0.05, 0.1) is 11.3 Å². The quantitative estimate of drug-likeness (QED) is 0.729. The second-order valence-electron chi connectivity index (χ2n) is 3.18. The number of carbonyl (C=O) groups is 1. The summed E-state index contributed by atoms with van der Waals surface area (Å²) in [6.07, 6.45) is 1.74. The van der Waals surface area contributed by atoms with Gasteiger partial charge in [-0.2, -0.15) is 5.26 Å². The number of nitriles is 1. The van der Waals surface area contributed by atoms with E-state index in [1.54, 1.807) is 6.08 Å². The van der Waals surface area contributed by atoms with Gasteiger partial charge in [0.25, 0.3) is 5.91 Å². The van der Waals surface area contributed by atoms with Gasteiger partial charge in [-0.1, -0.05) is 42.1 Å². The minimum Gasteiger partial charge on any atom is -0.272 e. The first-order valence-electron chi connectivity index (χ1n) is 4.71. The van der Waals surface area contributed by atoms with E-state index in [4.69, 9.17) is 5.26 Å². The molecule has 2 rings (SSSR count). The number of thioether (sulfide) groups is 1. The SMILES string of the molecule is N#C/C(=C\c1ccccc1)C1=NC(=O)CS1. The minimum atomic E-state index is -0.172. The van der Waals surface area contributed by atoms with E-state index in [0.717, 1.165) is 5.56 Å². The topological polar surface area (TPSA) is 53.2 Å². The van der Waals surface area contributed by atoms with Crippen LogP contribution in [0.25, 0.3) is 6.08 Å². The maximum Gasteiger partial charge on any atom is 0.257 e. The molecule has 0 spiro atoms. The lowest BCUT2D eigenvalue weighted by molar-refractivity contribution is -0.115. The van der Waals surface area contributed by atoms with Gasteiger partial charge < -0.3 is 0 Å². The molecule has 0 bridgehead atoms. The third kappa shape index (κ3) is 2.38. The highest BCUT2D eigenvalue weighted by Gasteiger charge is 2.18. The zero-order valence-corrected chi connectivity index (χ0v) is 9.20. The smallest absolute Gasteiger partial charge is 0.257 e. The molecule has 1 aromatic carbocycles. The standard InChI is InChI=1S/C12H8N2OS/c13-7-10(12-14-11(15)8-16-12)6-9-4-2-1-3-5-9/h1-6H,8H2/b10-6+. The third-order valence-electron chi connectivity index (χ3n) is 2.02. The Hall–Kier alpha value is -1.86. The van der Waals surface area contributed by atoms with Crippen LogP contribution in [0, 0.1) is 11.3 Å². The monoisotopic (exact) mass is 228 g/mol. The van der Waals surface area contributed by atoms with E-state index in [0.29, 0.717) is 16.4 Å². The summed E-state index contributed by atoms with van der Waals surface area (Å²) in [7, 11) is 0. The molecule has 1 aromatic rings. The molecule has 0 saturated heterocycles. The molecule has 0 atom stereocenters. The van der Waals surface area contributed by atoms with Crippen LogP contribution in [0.15, 0.2) is 40.9 Å². The number of carbonyl (C=O) groups excluding carboxylic acids is 1. The van der Waals surface area contributed by atoms with Crippen LogP contribution < -0.4 is 0 Å². The molecule has 0 aromatic heterocycles. The molecule has 3 nitrogen and oxygen atoms in total. The van der Waals surface area contributed by atoms with E-state index < -0.39 is 0 Å². The molecule has 4 heteroatoms. The van der Waals surface area contributed by atoms with Gasteiger partial charge in [-0.15, -0.1) is 0 Å². The summed E-state index contributed by atoms with van der Waals surface area (Å²) < 4.78 is 0. The highest BCUT2D eigenvalue weighted by Crippen LogP contribution is 2.20. The molecule has 16 heavy (non-hydrogen) atoms. The molecule has 0 N–H and O–H groups in total. The van der Waals surface area contributed by atoms with Gasteiger partial charge in [-0.05, 0) is 11.6 Å². The van der Waals surface area contributed by atoms with E-state index in [9.17, 15) is 4.79 Å². The lowest BCUT2D eigenvalue weighted by atomic mass is 10.1. The number of nitrogens with zero attached hydrogens (tertiary/aromatic N) is 2. The number of hydrogen-bond donors (Lipinski definition) is 0. The van der Waals surface area contributed by atoms with Crippen LogP contribution in [0.1, 0.15) is 5.56 Å². The zero-order valence-electron chi connectivity index (χ0n) is 8.38. The fourth-order valence-electron chi connectivity index (χ4n) is 1.30. The number of rotatable bonds is 2. The van der Waals surface area contributed by atoms with Crippen LogP contribution in [0.5, 0.6) is 0 Å². The van der Waals surface area contributed by atoms with E-state index in [2.05, 4.69) is 11.1 Å². The molecule has 1 aliphatic rings. The van der Waals surface area contributed by atoms with Crippen molar-refractivity contribution in [2.45, 2.75) is 0 Å². The van der Waals surface area contributed by atoms with Gasteiger partial charge in [0.2, 0.25) is 0 Å². The first-order chi connectivity index (χ1) is 7.79.